The predicted molar refractivity (Wildman–Crippen MR) is 87.8 cm³/mol. The largest absolute Gasteiger partial charge is 0.480 e. The molecule has 0 aromatic heterocycles. The molecule has 7 nitrogen and oxygen atoms in total. The van der Waals surface area contributed by atoms with Gasteiger partial charge in [0.05, 0.1) is 6.10 Å². The van der Waals surface area contributed by atoms with Gasteiger partial charge < -0.3 is 20.5 Å². The number of anilines is 1. The number of aliphatic carboxylic acids is 1. The summed E-state index contributed by atoms with van der Waals surface area (Å²) in [6.07, 6.45) is 3.34. The SMILES string of the molecule is CC(NC(=O)c1ccc(NC(=O)CCC2CCCO2)cc1)C(=O)O. The Bertz CT molecular complexity index is 594. The summed E-state index contributed by atoms with van der Waals surface area (Å²) in [5.74, 6) is -1.66. The van der Waals surface area contributed by atoms with Gasteiger partial charge in [-0.15, -0.1) is 0 Å². The van der Waals surface area contributed by atoms with Crippen LogP contribution in [0.5, 0.6) is 0 Å². The van der Waals surface area contributed by atoms with Gasteiger partial charge in [0.15, 0.2) is 0 Å². The lowest BCUT2D eigenvalue weighted by atomic mass is 10.1. The Labute approximate surface area is 140 Å². The minimum Gasteiger partial charge on any atom is -0.480 e. The van der Waals surface area contributed by atoms with Crippen molar-refractivity contribution in [2.45, 2.75) is 44.8 Å². The highest BCUT2D eigenvalue weighted by molar-refractivity contribution is 5.97. The van der Waals surface area contributed by atoms with Gasteiger partial charge >= 0.3 is 5.97 Å². The van der Waals surface area contributed by atoms with Crippen LogP contribution in [0.25, 0.3) is 0 Å². The minimum absolute atomic E-state index is 0.0952. The number of hydrogen-bond donors (Lipinski definition) is 3. The highest BCUT2D eigenvalue weighted by Crippen LogP contribution is 2.17. The number of rotatable bonds is 7. The van der Waals surface area contributed by atoms with Gasteiger partial charge in [-0.3, -0.25) is 14.4 Å². The molecule has 1 aliphatic heterocycles. The molecule has 1 heterocycles. The van der Waals surface area contributed by atoms with Crippen molar-refractivity contribution in [2.24, 2.45) is 0 Å². The van der Waals surface area contributed by atoms with Gasteiger partial charge in [0.25, 0.3) is 5.91 Å². The van der Waals surface area contributed by atoms with E-state index in [2.05, 4.69) is 10.6 Å². The highest BCUT2D eigenvalue weighted by Gasteiger charge is 2.17. The van der Waals surface area contributed by atoms with Gasteiger partial charge in [-0.05, 0) is 50.5 Å². The number of carbonyl (C=O) groups excluding carboxylic acids is 2. The van der Waals surface area contributed by atoms with Crippen molar-refractivity contribution in [1.82, 2.24) is 5.32 Å². The van der Waals surface area contributed by atoms with Crippen molar-refractivity contribution in [3.05, 3.63) is 29.8 Å². The first kappa shape index (κ1) is 17.9. The van der Waals surface area contributed by atoms with Crippen LogP contribution in [-0.2, 0) is 14.3 Å². The molecule has 1 saturated heterocycles. The average molecular weight is 334 g/mol. The summed E-state index contributed by atoms with van der Waals surface area (Å²) in [6, 6.07) is 5.35. The summed E-state index contributed by atoms with van der Waals surface area (Å²) in [5, 5.41) is 13.9. The Morgan fingerprint density at radius 3 is 2.58 bits per heavy atom. The number of carboxylic acids is 1. The number of benzene rings is 1. The zero-order valence-electron chi connectivity index (χ0n) is 13.6. The molecule has 1 aromatic carbocycles. The maximum absolute atomic E-state index is 11.9. The fourth-order valence-corrected chi connectivity index (χ4v) is 2.43. The van der Waals surface area contributed by atoms with Crippen molar-refractivity contribution in [1.29, 1.82) is 0 Å². The molecule has 7 heteroatoms. The summed E-state index contributed by atoms with van der Waals surface area (Å²) < 4.78 is 5.48. The Morgan fingerprint density at radius 1 is 1.29 bits per heavy atom. The molecule has 1 fully saturated rings. The number of hydrogen-bond acceptors (Lipinski definition) is 4. The van der Waals surface area contributed by atoms with Crippen molar-refractivity contribution in [2.75, 3.05) is 11.9 Å². The molecule has 0 spiro atoms. The van der Waals surface area contributed by atoms with E-state index in [9.17, 15) is 14.4 Å². The number of carboxylic acid groups (broad SMARTS) is 1. The second-order valence-electron chi connectivity index (χ2n) is 5.83. The van der Waals surface area contributed by atoms with Crippen LogP contribution in [0.2, 0.25) is 0 Å². The molecule has 2 rings (SSSR count). The summed E-state index contributed by atoms with van der Waals surface area (Å²) in [4.78, 5) is 34.5. The van der Waals surface area contributed by atoms with E-state index in [0.717, 1.165) is 19.4 Å². The first-order valence-corrected chi connectivity index (χ1v) is 8.01. The summed E-state index contributed by atoms with van der Waals surface area (Å²) >= 11 is 0. The minimum atomic E-state index is -1.10. The molecule has 2 amide bonds. The molecule has 3 N–H and O–H groups in total. The number of amides is 2. The van der Waals surface area contributed by atoms with E-state index in [4.69, 9.17) is 9.84 Å². The van der Waals surface area contributed by atoms with Crippen LogP contribution in [0.3, 0.4) is 0 Å². The molecule has 0 aliphatic carbocycles. The fourth-order valence-electron chi connectivity index (χ4n) is 2.43. The molecule has 1 aromatic rings. The van der Waals surface area contributed by atoms with E-state index >= 15 is 0 Å². The molecule has 0 saturated carbocycles. The Balaban J connectivity index is 1.81. The highest BCUT2D eigenvalue weighted by atomic mass is 16.5. The van der Waals surface area contributed by atoms with Crippen molar-refractivity contribution in [3.63, 3.8) is 0 Å². The summed E-state index contributed by atoms with van der Waals surface area (Å²) in [7, 11) is 0. The second-order valence-corrected chi connectivity index (χ2v) is 5.83. The average Bonchev–Trinajstić information content (AvgIpc) is 3.07. The lowest BCUT2D eigenvalue weighted by molar-refractivity contribution is -0.138. The third-order valence-electron chi connectivity index (χ3n) is 3.87. The molecule has 0 radical (unpaired) electrons. The first-order chi connectivity index (χ1) is 11.5. The van der Waals surface area contributed by atoms with E-state index in [-0.39, 0.29) is 12.0 Å². The normalized spacial score (nSPS) is 18.0. The van der Waals surface area contributed by atoms with Crippen LogP contribution < -0.4 is 10.6 Å². The smallest absolute Gasteiger partial charge is 0.325 e. The summed E-state index contributed by atoms with van der Waals surface area (Å²) in [5.41, 5.74) is 0.927. The lowest BCUT2D eigenvalue weighted by Crippen LogP contribution is -2.38. The van der Waals surface area contributed by atoms with Crippen LogP contribution in [0, 0.1) is 0 Å². The van der Waals surface area contributed by atoms with E-state index in [1.807, 2.05) is 0 Å². The number of ether oxygens (including phenoxy) is 1. The third kappa shape index (κ3) is 5.34. The van der Waals surface area contributed by atoms with Crippen LogP contribution in [0.4, 0.5) is 5.69 Å². The topological polar surface area (TPSA) is 105 Å². The third-order valence-corrected chi connectivity index (χ3v) is 3.87. The molecular formula is C17H22N2O5. The molecule has 2 unspecified atom stereocenters. The van der Waals surface area contributed by atoms with Crippen LogP contribution in [0.15, 0.2) is 24.3 Å². The summed E-state index contributed by atoms with van der Waals surface area (Å²) in [6.45, 7) is 2.17. The molecule has 2 atom stereocenters. The standard InChI is InChI=1S/C17H22N2O5/c1-11(17(22)23)18-16(21)12-4-6-13(7-5-12)19-15(20)9-8-14-3-2-10-24-14/h4-7,11,14H,2-3,8-10H2,1H3,(H,18,21)(H,19,20)(H,22,23). The Kier molecular flexibility index (Phi) is 6.31. The van der Waals surface area contributed by atoms with Gasteiger partial charge in [0.1, 0.15) is 6.04 Å². The lowest BCUT2D eigenvalue weighted by Gasteiger charge is -2.11. The van der Waals surface area contributed by atoms with Gasteiger partial charge in [0.2, 0.25) is 5.91 Å². The van der Waals surface area contributed by atoms with E-state index in [0.29, 0.717) is 24.1 Å². The number of carbonyl (C=O) groups is 3. The van der Waals surface area contributed by atoms with E-state index in [1.54, 1.807) is 24.3 Å². The molecule has 130 valence electrons. The Morgan fingerprint density at radius 2 is 2.00 bits per heavy atom. The van der Waals surface area contributed by atoms with Crippen molar-refractivity contribution in [3.8, 4) is 0 Å². The zero-order chi connectivity index (χ0) is 17.5. The molecule has 1 aliphatic rings. The van der Waals surface area contributed by atoms with Gasteiger partial charge in [-0.25, -0.2) is 0 Å². The van der Waals surface area contributed by atoms with E-state index < -0.39 is 17.9 Å². The first-order valence-electron chi connectivity index (χ1n) is 8.01. The van der Waals surface area contributed by atoms with Gasteiger partial charge in [-0.2, -0.15) is 0 Å². The molecular weight excluding hydrogens is 312 g/mol. The molecule has 0 bridgehead atoms. The van der Waals surface area contributed by atoms with E-state index in [1.165, 1.54) is 6.92 Å². The van der Waals surface area contributed by atoms with Crippen molar-refractivity contribution >= 4 is 23.5 Å². The van der Waals surface area contributed by atoms with Crippen LogP contribution in [0.1, 0.15) is 43.0 Å². The van der Waals surface area contributed by atoms with Gasteiger partial charge in [0, 0.05) is 24.3 Å². The monoisotopic (exact) mass is 334 g/mol. The zero-order valence-corrected chi connectivity index (χ0v) is 13.6. The maximum atomic E-state index is 11.9. The maximum Gasteiger partial charge on any atom is 0.325 e. The molecule has 24 heavy (non-hydrogen) atoms. The van der Waals surface area contributed by atoms with Crippen molar-refractivity contribution < 1.29 is 24.2 Å². The quantitative estimate of drug-likeness (QED) is 0.705. The van der Waals surface area contributed by atoms with Crippen LogP contribution >= 0.6 is 0 Å². The van der Waals surface area contributed by atoms with Crippen LogP contribution in [-0.4, -0.2) is 41.6 Å². The fraction of sp³-hybridized carbons (Fsp3) is 0.471. The second kappa shape index (κ2) is 8.44. The Hall–Kier alpha value is -2.41. The van der Waals surface area contributed by atoms with Gasteiger partial charge in [-0.1, -0.05) is 0 Å². The number of nitrogens with one attached hydrogen (secondary N) is 2. The predicted octanol–water partition coefficient (Wildman–Crippen LogP) is 1.79.